The normalized spacial score (nSPS) is 12.7. The third-order valence-electron chi connectivity index (χ3n) is 4.12. The molecular formula is C18H40O3SSi. The van der Waals surface area contributed by atoms with Gasteiger partial charge in [-0.15, -0.1) is 0 Å². The fraction of sp³-hybridized carbons (Fsp3) is 1.00. The standard InChI is InChI=1S/C18H40O3SSi/c1-22(19,20)21-17-15-13-11-9-7-5-6-8-10-12-14-16-18-23(2,3)4/h5-18H2,1-4H3. The predicted molar refractivity (Wildman–Crippen MR) is 104 cm³/mol. The van der Waals surface area contributed by atoms with E-state index in [4.69, 9.17) is 4.18 Å². The summed E-state index contributed by atoms with van der Waals surface area (Å²) >= 11 is 0. The number of hydrogen-bond acceptors (Lipinski definition) is 3. The van der Waals surface area contributed by atoms with Gasteiger partial charge in [0, 0.05) is 8.07 Å². The van der Waals surface area contributed by atoms with Gasteiger partial charge >= 0.3 is 0 Å². The molecule has 0 aliphatic rings. The van der Waals surface area contributed by atoms with Crippen LogP contribution in [-0.4, -0.2) is 29.4 Å². The average molecular weight is 365 g/mol. The largest absolute Gasteiger partial charge is 0.270 e. The summed E-state index contributed by atoms with van der Waals surface area (Å²) in [6.45, 7) is 7.74. The first kappa shape index (κ1) is 23.1. The molecule has 0 fully saturated rings. The van der Waals surface area contributed by atoms with Crippen LogP contribution in [0.25, 0.3) is 0 Å². The topological polar surface area (TPSA) is 43.4 Å². The van der Waals surface area contributed by atoms with Gasteiger partial charge in [-0.05, 0) is 6.42 Å². The van der Waals surface area contributed by atoms with Gasteiger partial charge in [0.05, 0.1) is 12.9 Å². The van der Waals surface area contributed by atoms with Crippen LogP contribution in [-0.2, 0) is 14.3 Å². The molecule has 23 heavy (non-hydrogen) atoms. The van der Waals surface area contributed by atoms with Crippen LogP contribution in [0.3, 0.4) is 0 Å². The van der Waals surface area contributed by atoms with E-state index in [1.807, 2.05) is 0 Å². The monoisotopic (exact) mass is 364 g/mol. The van der Waals surface area contributed by atoms with Gasteiger partial charge < -0.3 is 0 Å². The maximum Gasteiger partial charge on any atom is 0.264 e. The average Bonchev–Trinajstić information content (AvgIpc) is 2.40. The summed E-state index contributed by atoms with van der Waals surface area (Å²) in [5.74, 6) is 0. The molecule has 0 aromatic heterocycles. The number of rotatable bonds is 16. The van der Waals surface area contributed by atoms with E-state index >= 15 is 0 Å². The highest BCUT2D eigenvalue weighted by atomic mass is 32.2. The van der Waals surface area contributed by atoms with Crippen molar-refractivity contribution in [3.8, 4) is 0 Å². The molecule has 0 rings (SSSR count). The molecule has 5 heteroatoms. The lowest BCUT2D eigenvalue weighted by atomic mass is 10.1. The van der Waals surface area contributed by atoms with Gasteiger partial charge in [0.2, 0.25) is 0 Å². The Labute approximate surface area is 146 Å². The molecule has 140 valence electrons. The molecule has 0 saturated heterocycles. The molecule has 0 aliphatic carbocycles. The van der Waals surface area contributed by atoms with Crippen molar-refractivity contribution in [2.24, 2.45) is 0 Å². The molecule has 0 N–H and O–H groups in total. The molecule has 0 aromatic rings. The van der Waals surface area contributed by atoms with Gasteiger partial charge in [0.15, 0.2) is 0 Å². The van der Waals surface area contributed by atoms with Crippen molar-refractivity contribution >= 4 is 18.2 Å². The smallest absolute Gasteiger partial charge is 0.264 e. The summed E-state index contributed by atoms with van der Waals surface area (Å²) in [6, 6.07) is 1.49. The fourth-order valence-corrected chi connectivity index (χ4v) is 4.47. The van der Waals surface area contributed by atoms with Crippen LogP contribution in [0.1, 0.15) is 77.0 Å². The van der Waals surface area contributed by atoms with Gasteiger partial charge in [0.1, 0.15) is 0 Å². The van der Waals surface area contributed by atoms with Crippen molar-refractivity contribution in [1.82, 2.24) is 0 Å². The van der Waals surface area contributed by atoms with Gasteiger partial charge in [-0.2, -0.15) is 8.42 Å². The third-order valence-corrected chi connectivity index (χ3v) is 6.57. The molecule has 0 amide bonds. The molecule has 0 bridgehead atoms. The number of unbranched alkanes of at least 4 members (excludes halogenated alkanes) is 11. The second-order valence-electron chi connectivity index (χ2n) is 8.08. The van der Waals surface area contributed by atoms with Crippen molar-refractivity contribution in [3.05, 3.63) is 0 Å². The molecular weight excluding hydrogens is 324 g/mol. The first-order chi connectivity index (χ1) is 10.7. The predicted octanol–water partition coefficient (Wildman–Crippen LogP) is 5.98. The molecule has 0 unspecified atom stereocenters. The van der Waals surface area contributed by atoms with E-state index in [0.29, 0.717) is 6.61 Å². The van der Waals surface area contributed by atoms with Gasteiger partial charge in [-0.25, -0.2) is 0 Å². The van der Waals surface area contributed by atoms with Gasteiger partial charge in [-0.3, -0.25) is 4.18 Å². The quantitative estimate of drug-likeness (QED) is 0.192. The Kier molecular flexibility index (Phi) is 13.5. The summed E-state index contributed by atoms with van der Waals surface area (Å²) < 4.78 is 26.3. The Bertz CT molecular complexity index is 361. The highest BCUT2D eigenvalue weighted by Gasteiger charge is 2.11. The molecule has 0 saturated carbocycles. The lowest BCUT2D eigenvalue weighted by molar-refractivity contribution is 0.309. The van der Waals surface area contributed by atoms with Crippen LogP contribution >= 0.6 is 0 Å². The second kappa shape index (κ2) is 13.4. The Morgan fingerprint density at radius 2 is 1.00 bits per heavy atom. The summed E-state index contributed by atoms with van der Waals surface area (Å²) in [5, 5.41) is 0. The van der Waals surface area contributed by atoms with E-state index < -0.39 is 18.2 Å². The lowest BCUT2D eigenvalue weighted by Crippen LogP contribution is -2.18. The summed E-state index contributed by atoms with van der Waals surface area (Å²) in [5.41, 5.74) is 0. The summed E-state index contributed by atoms with van der Waals surface area (Å²) in [7, 11) is -4.05. The van der Waals surface area contributed by atoms with Crippen molar-refractivity contribution in [2.75, 3.05) is 12.9 Å². The maximum absolute atomic E-state index is 10.8. The summed E-state index contributed by atoms with van der Waals surface area (Å²) in [6.07, 6.45) is 16.7. The first-order valence-corrected chi connectivity index (χ1v) is 15.1. The maximum atomic E-state index is 10.8. The highest BCUT2D eigenvalue weighted by Crippen LogP contribution is 2.16. The molecule has 0 aliphatic heterocycles. The van der Waals surface area contributed by atoms with Crippen LogP contribution in [0.5, 0.6) is 0 Å². The van der Waals surface area contributed by atoms with E-state index in [0.717, 1.165) is 19.1 Å². The Balaban J connectivity index is 3.11. The molecule has 0 radical (unpaired) electrons. The minimum Gasteiger partial charge on any atom is -0.270 e. The van der Waals surface area contributed by atoms with Crippen LogP contribution in [0.2, 0.25) is 25.7 Å². The van der Waals surface area contributed by atoms with Crippen LogP contribution in [0, 0.1) is 0 Å². The molecule has 0 atom stereocenters. The third kappa shape index (κ3) is 22.1. The SMILES string of the molecule is C[Si](C)(C)CCCCCCCCCCCCCCOS(C)(=O)=O. The lowest BCUT2D eigenvalue weighted by Gasteiger charge is -2.14. The van der Waals surface area contributed by atoms with Crippen LogP contribution < -0.4 is 0 Å². The minimum atomic E-state index is -3.25. The van der Waals surface area contributed by atoms with E-state index in [-0.39, 0.29) is 0 Å². The van der Waals surface area contributed by atoms with E-state index in [1.165, 1.54) is 70.3 Å². The van der Waals surface area contributed by atoms with Crippen molar-refractivity contribution < 1.29 is 12.6 Å². The number of hydrogen-bond donors (Lipinski definition) is 0. The zero-order valence-electron chi connectivity index (χ0n) is 16.0. The van der Waals surface area contributed by atoms with E-state index in [9.17, 15) is 8.42 Å². The van der Waals surface area contributed by atoms with Crippen LogP contribution in [0.15, 0.2) is 0 Å². The van der Waals surface area contributed by atoms with E-state index in [2.05, 4.69) is 19.6 Å². The minimum absolute atomic E-state index is 0.344. The van der Waals surface area contributed by atoms with Gasteiger partial charge in [-0.1, -0.05) is 96.3 Å². The highest BCUT2D eigenvalue weighted by molar-refractivity contribution is 7.85. The molecule has 0 heterocycles. The summed E-state index contributed by atoms with van der Waals surface area (Å²) in [4.78, 5) is 0. The Morgan fingerprint density at radius 1 is 0.652 bits per heavy atom. The second-order valence-corrected chi connectivity index (χ2v) is 15.3. The zero-order chi connectivity index (χ0) is 17.6. The van der Waals surface area contributed by atoms with Crippen molar-refractivity contribution in [1.29, 1.82) is 0 Å². The van der Waals surface area contributed by atoms with Crippen molar-refractivity contribution in [3.63, 3.8) is 0 Å². The first-order valence-electron chi connectivity index (χ1n) is 9.55. The Morgan fingerprint density at radius 3 is 1.35 bits per heavy atom. The van der Waals surface area contributed by atoms with E-state index in [1.54, 1.807) is 0 Å². The molecule has 0 spiro atoms. The van der Waals surface area contributed by atoms with Crippen LogP contribution in [0.4, 0.5) is 0 Å². The fourth-order valence-electron chi connectivity index (χ4n) is 2.74. The molecule has 0 aromatic carbocycles. The van der Waals surface area contributed by atoms with Crippen molar-refractivity contribution in [2.45, 2.75) is 103 Å². The molecule has 3 nitrogen and oxygen atoms in total. The zero-order valence-corrected chi connectivity index (χ0v) is 17.8. The van der Waals surface area contributed by atoms with Gasteiger partial charge in [0.25, 0.3) is 10.1 Å². The Hall–Kier alpha value is 0.127.